The van der Waals surface area contributed by atoms with Gasteiger partial charge in [-0.25, -0.2) is 4.98 Å². The molecule has 8 heteroatoms. The molecule has 0 aliphatic carbocycles. The topological polar surface area (TPSA) is 83.7 Å². The molecule has 0 N–H and O–H groups in total. The first-order chi connectivity index (χ1) is 15.8. The van der Waals surface area contributed by atoms with Crippen LogP contribution in [0.1, 0.15) is 37.8 Å². The number of likely N-dealkylation sites (N-methyl/N-ethyl adjacent to an activating group) is 1. The molecule has 2 aromatic carbocycles. The second kappa shape index (κ2) is 6.39. The standard InChI is InChI=1S/C25H19N3O4S/c1-12-9-10-18-15(11-12)20(29)19-21(32-18)22(30)28(24-26-13(2)14(3)33-24)25(19)16-7-5-6-8-17(16)27(4)23(25)31/h5-11H,1-4H3. The van der Waals surface area contributed by atoms with Gasteiger partial charge in [-0.15, -0.1) is 11.3 Å². The molecule has 4 heterocycles. The lowest BCUT2D eigenvalue weighted by Gasteiger charge is -2.31. The van der Waals surface area contributed by atoms with Crippen LogP contribution in [-0.2, 0) is 10.3 Å². The molecule has 33 heavy (non-hydrogen) atoms. The number of rotatable bonds is 1. The number of benzene rings is 2. The number of hydrogen-bond acceptors (Lipinski definition) is 6. The van der Waals surface area contributed by atoms with Gasteiger partial charge in [0.05, 0.1) is 16.6 Å². The lowest BCUT2D eigenvalue weighted by atomic mass is 9.84. The van der Waals surface area contributed by atoms with Crippen LogP contribution in [0.2, 0.25) is 0 Å². The first-order valence-electron chi connectivity index (χ1n) is 10.5. The summed E-state index contributed by atoms with van der Waals surface area (Å²) >= 11 is 1.32. The van der Waals surface area contributed by atoms with Gasteiger partial charge in [-0.2, -0.15) is 0 Å². The molecule has 0 saturated carbocycles. The Morgan fingerprint density at radius 1 is 1.03 bits per heavy atom. The van der Waals surface area contributed by atoms with Crippen LogP contribution in [0.25, 0.3) is 11.0 Å². The summed E-state index contributed by atoms with van der Waals surface area (Å²) in [5.41, 5.74) is 1.16. The summed E-state index contributed by atoms with van der Waals surface area (Å²) in [5, 5.41) is 0.702. The van der Waals surface area contributed by atoms with E-state index in [0.717, 1.165) is 16.1 Å². The molecule has 4 aromatic rings. The van der Waals surface area contributed by atoms with E-state index >= 15 is 0 Å². The van der Waals surface area contributed by atoms with Crippen molar-refractivity contribution in [3.8, 4) is 0 Å². The Balaban J connectivity index is 1.81. The third-order valence-corrected chi connectivity index (χ3v) is 7.68. The van der Waals surface area contributed by atoms with Crippen LogP contribution in [0.15, 0.2) is 51.7 Å². The Morgan fingerprint density at radius 2 is 1.79 bits per heavy atom. The summed E-state index contributed by atoms with van der Waals surface area (Å²) in [6.45, 7) is 5.64. The number of carbonyl (C=O) groups is 2. The highest BCUT2D eigenvalue weighted by Gasteiger charge is 2.65. The number of nitrogens with zero attached hydrogens (tertiary/aromatic N) is 3. The van der Waals surface area contributed by atoms with Gasteiger partial charge in [0.15, 0.2) is 16.1 Å². The lowest BCUT2D eigenvalue weighted by molar-refractivity contribution is -0.121. The average molecular weight is 458 g/mol. The summed E-state index contributed by atoms with van der Waals surface area (Å²) in [5.74, 6) is -1.04. The number of fused-ring (bicyclic) bond motifs is 5. The molecule has 164 valence electrons. The monoisotopic (exact) mass is 457 g/mol. The highest BCUT2D eigenvalue weighted by Crippen LogP contribution is 2.54. The zero-order valence-corrected chi connectivity index (χ0v) is 19.2. The zero-order chi connectivity index (χ0) is 23.2. The molecule has 2 amide bonds. The van der Waals surface area contributed by atoms with Gasteiger partial charge in [-0.1, -0.05) is 29.8 Å². The number of thiazole rings is 1. The van der Waals surface area contributed by atoms with Gasteiger partial charge >= 0.3 is 0 Å². The Morgan fingerprint density at radius 3 is 2.52 bits per heavy atom. The Labute approximate surface area is 192 Å². The normalized spacial score (nSPS) is 19.2. The second-order valence-corrected chi connectivity index (χ2v) is 9.69. The van der Waals surface area contributed by atoms with E-state index < -0.39 is 11.4 Å². The van der Waals surface area contributed by atoms with Crippen LogP contribution in [-0.4, -0.2) is 23.8 Å². The fraction of sp³-hybridized carbons (Fsp3) is 0.200. The lowest BCUT2D eigenvalue weighted by Crippen LogP contribution is -2.53. The van der Waals surface area contributed by atoms with Crippen molar-refractivity contribution in [3.05, 3.63) is 85.7 Å². The van der Waals surface area contributed by atoms with Crippen LogP contribution in [0, 0.1) is 20.8 Å². The number of carbonyl (C=O) groups excluding carboxylic acids is 2. The maximum Gasteiger partial charge on any atom is 0.297 e. The molecule has 1 atom stereocenters. The van der Waals surface area contributed by atoms with Crippen LogP contribution in [0.5, 0.6) is 0 Å². The summed E-state index contributed by atoms with van der Waals surface area (Å²) in [7, 11) is 1.65. The fourth-order valence-electron chi connectivity index (χ4n) is 4.93. The highest BCUT2D eigenvalue weighted by atomic mass is 32.1. The Hall–Kier alpha value is -3.78. The van der Waals surface area contributed by atoms with E-state index in [1.165, 1.54) is 21.1 Å². The van der Waals surface area contributed by atoms with Crippen molar-refractivity contribution in [2.75, 3.05) is 16.8 Å². The van der Waals surface area contributed by atoms with E-state index in [9.17, 15) is 14.4 Å². The van der Waals surface area contributed by atoms with Gasteiger partial charge in [0.25, 0.3) is 11.8 Å². The first-order valence-corrected chi connectivity index (χ1v) is 11.3. The average Bonchev–Trinajstić information content (AvgIpc) is 3.34. The van der Waals surface area contributed by atoms with E-state index in [1.807, 2.05) is 39.0 Å². The van der Waals surface area contributed by atoms with Gasteiger partial charge < -0.3 is 9.32 Å². The van der Waals surface area contributed by atoms with E-state index in [4.69, 9.17) is 4.42 Å². The summed E-state index contributed by atoms with van der Waals surface area (Å²) in [6.07, 6.45) is 0. The number of amides is 2. The molecule has 7 nitrogen and oxygen atoms in total. The quantitative estimate of drug-likeness (QED) is 0.431. The van der Waals surface area contributed by atoms with Crippen LogP contribution >= 0.6 is 11.3 Å². The SMILES string of the molecule is Cc1ccc2oc3c(c(=O)c2c1)C1(C(=O)N(C)c2ccccc21)N(c1nc(C)c(C)s1)C3=O. The van der Waals surface area contributed by atoms with Gasteiger partial charge in [0, 0.05) is 23.2 Å². The largest absolute Gasteiger partial charge is 0.450 e. The molecular weight excluding hydrogens is 438 g/mol. The molecule has 0 saturated heterocycles. The smallest absolute Gasteiger partial charge is 0.297 e. The summed E-state index contributed by atoms with van der Waals surface area (Å²) in [6, 6.07) is 12.5. The zero-order valence-electron chi connectivity index (χ0n) is 18.4. The van der Waals surface area contributed by atoms with Crippen LogP contribution < -0.4 is 15.2 Å². The molecule has 0 bridgehead atoms. The minimum absolute atomic E-state index is 0.0536. The minimum Gasteiger partial charge on any atom is -0.450 e. The Bertz CT molecular complexity index is 1580. The number of hydrogen-bond donors (Lipinski definition) is 0. The number of aromatic nitrogens is 1. The third kappa shape index (κ3) is 2.28. The minimum atomic E-state index is -1.67. The molecule has 0 fully saturated rings. The highest BCUT2D eigenvalue weighted by molar-refractivity contribution is 7.16. The van der Waals surface area contributed by atoms with E-state index in [1.54, 1.807) is 31.3 Å². The maximum absolute atomic E-state index is 14.1. The first kappa shape index (κ1) is 19.9. The maximum atomic E-state index is 14.1. The fourth-order valence-corrected chi connectivity index (χ4v) is 5.89. The van der Waals surface area contributed by atoms with Gasteiger partial charge in [0.2, 0.25) is 5.76 Å². The summed E-state index contributed by atoms with van der Waals surface area (Å²) in [4.78, 5) is 50.3. The molecule has 2 aliphatic heterocycles. The molecule has 6 rings (SSSR count). The van der Waals surface area contributed by atoms with Gasteiger partial charge in [0.1, 0.15) is 5.58 Å². The molecule has 2 aliphatic rings. The van der Waals surface area contributed by atoms with Crippen molar-refractivity contribution in [2.45, 2.75) is 26.3 Å². The van der Waals surface area contributed by atoms with Crippen LogP contribution in [0.3, 0.4) is 0 Å². The second-order valence-electron chi connectivity index (χ2n) is 8.51. The number of para-hydroxylation sites is 1. The van der Waals surface area contributed by atoms with Crippen molar-refractivity contribution >= 4 is 44.9 Å². The number of aryl methyl sites for hydroxylation is 3. The molecular formula is C25H19N3O4S. The van der Waals surface area contributed by atoms with E-state index in [0.29, 0.717) is 27.4 Å². The van der Waals surface area contributed by atoms with Crippen molar-refractivity contribution in [1.82, 2.24) is 4.98 Å². The molecule has 0 radical (unpaired) electrons. The van der Waals surface area contributed by atoms with E-state index in [-0.39, 0.29) is 22.7 Å². The number of anilines is 2. The van der Waals surface area contributed by atoms with Gasteiger partial charge in [-0.3, -0.25) is 19.3 Å². The molecule has 2 aromatic heterocycles. The van der Waals surface area contributed by atoms with Crippen molar-refractivity contribution in [1.29, 1.82) is 0 Å². The third-order valence-electron chi connectivity index (χ3n) is 6.62. The van der Waals surface area contributed by atoms with Crippen molar-refractivity contribution in [3.63, 3.8) is 0 Å². The Kier molecular flexibility index (Phi) is 3.85. The van der Waals surface area contributed by atoms with E-state index in [2.05, 4.69) is 4.98 Å². The van der Waals surface area contributed by atoms with Crippen molar-refractivity contribution in [2.24, 2.45) is 0 Å². The van der Waals surface area contributed by atoms with Crippen molar-refractivity contribution < 1.29 is 14.0 Å². The van der Waals surface area contributed by atoms with Crippen LogP contribution in [0.4, 0.5) is 10.8 Å². The summed E-state index contributed by atoms with van der Waals surface area (Å²) < 4.78 is 6.04. The molecule has 1 unspecified atom stereocenters. The molecule has 1 spiro atoms. The predicted molar refractivity (Wildman–Crippen MR) is 126 cm³/mol. The van der Waals surface area contributed by atoms with Gasteiger partial charge in [-0.05, 0) is 39.0 Å². The predicted octanol–water partition coefficient (Wildman–Crippen LogP) is 4.06.